The van der Waals surface area contributed by atoms with Crippen LogP contribution in [0.4, 0.5) is 5.82 Å². The fourth-order valence-corrected chi connectivity index (χ4v) is 1.20. The van der Waals surface area contributed by atoms with Gasteiger partial charge in [0.25, 0.3) is 0 Å². The van der Waals surface area contributed by atoms with Gasteiger partial charge in [0.05, 0.1) is 12.4 Å². The molecule has 0 aromatic carbocycles. The highest BCUT2D eigenvalue weighted by molar-refractivity contribution is 6.29. The summed E-state index contributed by atoms with van der Waals surface area (Å²) < 4.78 is 0. The van der Waals surface area contributed by atoms with Gasteiger partial charge < -0.3 is 4.90 Å². The molecule has 0 fully saturated rings. The molecule has 1 heterocycles. The lowest BCUT2D eigenvalue weighted by molar-refractivity contribution is 0.916. The molecule has 0 saturated carbocycles. The maximum absolute atomic E-state index is 5.74. The molecule has 0 N–H and O–H groups in total. The molecule has 0 aliphatic carbocycles. The Morgan fingerprint density at radius 2 is 1.93 bits per heavy atom. The van der Waals surface area contributed by atoms with Gasteiger partial charge in [-0.1, -0.05) is 23.8 Å². The molecule has 0 aliphatic heterocycles. The van der Waals surface area contributed by atoms with Gasteiger partial charge in [-0.2, -0.15) is 0 Å². The van der Waals surface area contributed by atoms with Gasteiger partial charge in [0.15, 0.2) is 0 Å². The number of anilines is 1. The number of halogens is 1. The van der Waals surface area contributed by atoms with Gasteiger partial charge in [-0.25, -0.2) is 4.98 Å². The first-order chi connectivity index (χ1) is 6.77. The monoisotopic (exact) mass is 209 g/mol. The number of hydrogen-bond donors (Lipinski definition) is 0. The third-order valence-electron chi connectivity index (χ3n) is 1.62. The lowest BCUT2D eigenvalue weighted by Crippen LogP contribution is -2.24. The molecule has 14 heavy (non-hydrogen) atoms. The Bertz CT molecular complexity index is 315. The van der Waals surface area contributed by atoms with Crippen LogP contribution in [-0.4, -0.2) is 23.1 Å². The van der Waals surface area contributed by atoms with Crippen molar-refractivity contribution in [2.24, 2.45) is 0 Å². The van der Waals surface area contributed by atoms with Gasteiger partial charge in [0.1, 0.15) is 11.0 Å². The van der Waals surface area contributed by atoms with E-state index < -0.39 is 0 Å². The largest absolute Gasteiger partial charge is 0.348 e. The minimum atomic E-state index is 0.389. The highest BCUT2D eigenvalue weighted by atomic mass is 35.5. The second kappa shape index (κ2) is 5.40. The van der Waals surface area contributed by atoms with Crippen LogP contribution in [0.3, 0.4) is 0 Å². The summed E-state index contributed by atoms with van der Waals surface area (Å²) in [6.07, 6.45) is 6.77. The average Bonchev–Trinajstić information content (AvgIpc) is 2.17. The van der Waals surface area contributed by atoms with E-state index in [2.05, 4.69) is 23.1 Å². The van der Waals surface area contributed by atoms with E-state index in [0.717, 1.165) is 5.82 Å². The first-order valence-corrected chi connectivity index (χ1v) is 4.60. The highest BCUT2D eigenvalue weighted by Gasteiger charge is 2.04. The van der Waals surface area contributed by atoms with E-state index in [1.807, 2.05) is 4.90 Å². The molecule has 74 valence electrons. The van der Waals surface area contributed by atoms with Crippen LogP contribution < -0.4 is 4.90 Å². The van der Waals surface area contributed by atoms with E-state index in [4.69, 9.17) is 11.6 Å². The minimum Gasteiger partial charge on any atom is -0.348 e. The molecular weight excluding hydrogens is 198 g/mol. The summed E-state index contributed by atoms with van der Waals surface area (Å²) in [5, 5.41) is 0.389. The first kappa shape index (κ1) is 10.7. The quantitative estimate of drug-likeness (QED) is 0.697. The highest BCUT2D eigenvalue weighted by Crippen LogP contribution is 2.12. The van der Waals surface area contributed by atoms with Crippen LogP contribution in [-0.2, 0) is 0 Å². The Morgan fingerprint density at radius 1 is 1.29 bits per heavy atom. The van der Waals surface area contributed by atoms with E-state index in [0.29, 0.717) is 18.2 Å². The van der Waals surface area contributed by atoms with Gasteiger partial charge >= 0.3 is 0 Å². The summed E-state index contributed by atoms with van der Waals surface area (Å²) >= 11 is 5.74. The summed E-state index contributed by atoms with van der Waals surface area (Å²) in [4.78, 5) is 10.1. The van der Waals surface area contributed by atoms with Crippen molar-refractivity contribution in [3.05, 3.63) is 42.9 Å². The van der Waals surface area contributed by atoms with Crippen molar-refractivity contribution in [2.75, 3.05) is 18.0 Å². The number of aromatic nitrogens is 2. The van der Waals surface area contributed by atoms with Crippen molar-refractivity contribution in [1.82, 2.24) is 9.97 Å². The first-order valence-electron chi connectivity index (χ1n) is 4.22. The van der Waals surface area contributed by atoms with Crippen molar-refractivity contribution in [2.45, 2.75) is 0 Å². The Labute approximate surface area is 88.7 Å². The standard InChI is InChI=1S/C10H12ClN3/c1-3-5-14(6-4-2)10-8-12-7-9(11)13-10/h3-4,7-8H,1-2,5-6H2. The van der Waals surface area contributed by atoms with Crippen LogP contribution in [0.25, 0.3) is 0 Å². The summed E-state index contributed by atoms with van der Waals surface area (Å²) in [5.41, 5.74) is 0. The molecule has 0 unspecified atom stereocenters. The zero-order chi connectivity index (χ0) is 10.4. The zero-order valence-corrected chi connectivity index (χ0v) is 8.61. The molecule has 4 heteroatoms. The summed E-state index contributed by atoms with van der Waals surface area (Å²) in [6.45, 7) is 8.74. The van der Waals surface area contributed by atoms with Gasteiger partial charge in [-0.05, 0) is 0 Å². The molecule has 1 aromatic rings. The third-order valence-corrected chi connectivity index (χ3v) is 1.80. The third kappa shape index (κ3) is 2.85. The zero-order valence-electron chi connectivity index (χ0n) is 7.86. The number of hydrogen-bond acceptors (Lipinski definition) is 3. The van der Waals surface area contributed by atoms with E-state index in [1.54, 1.807) is 18.3 Å². The minimum absolute atomic E-state index is 0.389. The van der Waals surface area contributed by atoms with Gasteiger partial charge in [-0.15, -0.1) is 13.2 Å². The van der Waals surface area contributed by atoms with E-state index in [1.165, 1.54) is 6.20 Å². The predicted octanol–water partition coefficient (Wildman–Crippen LogP) is 2.31. The Morgan fingerprint density at radius 3 is 2.43 bits per heavy atom. The molecular formula is C10H12ClN3. The summed E-state index contributed by atoms with van der Waals surface area (Å²) in [5.74, 6) is 0.734. The fraction of sp³-hybridized carbons (Fsp3) is 0.200. The smallest absolute Gasteiger partial charge is 0.149 e. The average molecular weight is 210 g/mol. The Kier molecular flexibility index (Phi) is 4.13. The van der Waals surface area contributed by atoms with Crippen LogP contribution in [0.15, 0.2) is 37.7 Å². The lowest BCUT2D eigenvalue weighted by Gasteiger charge is -2.19. The van der Waals surface area contributed by atoms with Gasteiger partial charge in [-0.3, -0.25) is 4.98 Å². The lowest BCUT2D eigenvalue weighted by atomic mass is 10.4. The molecule has 0 atom stereocenters. The molecule has 0 saturated heterocycles. The van der Waals surface area contributed by atoms with Crippen LogP contribution >= 0.6 is 11.6 Å². The molecule has 1 rings (SSSR count). The summed E-state index contributed by atoms with van der Waals surface area (Å²) in [7, 11) is 0. The van der Waals surface area contributed by atoms with Crippen molar-refractivity contribution >= 4 is 17.4 Å². The Balaban J connectivity index is 2.85. The second-order valence-corrected chi connectivity index (χ2v) is 3.07. The van der Waals surface area contributed by atoms with Crippen molar-refractivity contribution in [3.8, 4) is 0 Å². The van der Waals surface area contributed by atoms with Crippen LogP contribution in [0.1, 0.15) is 0 Å². The SMILES string of the molecule is C=CCN(CC=C)c1cncc(Cl)n1. The van der Waals surface area contributed by atoms with Crippen molar-refractivity contribution in [3.63, 3.8) is 0 Å². The van der Waals surface area contributed by atoms with E-state index in [9.17, 15) is 0 Å². The van der Waals surface area contributed by atoms with Crippen LogP contribution in [0, 0.1) is 0 Å². The van der Waals surface area contributed by atoms with E-state index >= 15 is 0 Å². The molecule has 0 bridgehead atoms. The molecule has 0 radical (unpaired) electrons. The second-order valence-electron chi connectivity index (χ2n) is 2.68. The molecule has 3 nitrogen and oxygen atoms in total. The maximum atomic E-state index is 5.74. The molecule has 0 amide bonds. The predicted molar refractivity (Wildman–Crippen MR) is 59.6 cm³/mol. The summed E-state index contributed by atoms with van der Waals surface area (Å²) in [6, 6.07) is 0. The topological polar surface area (TPSA) is 29.0 Å². The van der Waals surface area contributed by atoms with Crippen molar-refractivity contribution in [1.29, 1.82) is 0 Å². The number of rotatable bonds is 5. The number of nitrogens with zero attached hydrogens (tertiary/aromatic N) is 3. The normalized spacial score (nSPS) is 9.50. The van der Waals surface area contributed by atoms with Crippen LogP contribution in [0.5, 0.6) is 0 Å². The fourth-order valence-electron chi connectivity index (χ4n) is 1.06. The maximum Gasteiger partial charge on any atom is 0.149 e. The van der Waals surface area contributed by atoms with Crippen molar-refractivity contribution < 1.29 is 0 Å². The van der Waals surface area contributed by atoms with Gasteiger partial charge in [0.2, 0.25) is 0 Å². The molecule has 1 aromatic heterocycles. The Hall–Kier alpha value is -1.35. The molecule has 0 aliphatic rings. The van der Waals surface area contributed by atoms with E-state index in [-0.39, 0.29) is 0 Å². The van der Waals surface area contributed by atoms with Crippen LogP contribution in [0.2, 0.25) is 5.15 Å². The van der Waals surface area contributed by atoms with Gasteiger partial charge in [0, 0.05) is 13.1 Å². The molecule has 0 spiro atoms.